The highest BCUT2D eigenvalue weighted by molar-refractivity contribution is 5.97. The fourth-order valence-electron chi connectivity index (χ4n) is 4.20. The van der Waals surface area contributed by atoms with Crippen LogP contribution >= 0.6 is 0 Å². The van der Waals surface area contributed by atoms with Gasteiger partial charge in [0, 0.05) is 12.8 Å². The highest BCUT2D eigenvalue weighted by Gasteiger charge is 2.31. The molecule has 0 spiro atoms. The highest BCUT2D eigenvalue weighted by atomic mass is 16.1. The van der Waals surface area contributed by atoms with Gasteiger partial charge >= 0.3 is 0 Å². The van der Waals surface area contributed by atoms with Crippen molar-refractivity contribution in [3.8, 4) is 0 Å². The first kappa shape index (κ1) is 23.8. The Labute approximate surface area is 182 Å². The summed E-state index contributed by atoms with van der Waals surface area (Å²) >= 11 is 0. The number of rotatable bonds is 6. The molecule has 2 rings (SSSR count). The van der Waals surface area contributed by atoms with Crippen LogP contribution in [0.3, 0.4) is 0 Å². The second-order valence-corrected chi connectivity index (χ2v) is 9.56. The molecule has 2 nitrogen and oxygen atoms in total. The van der Waals surface area contributed by atoms with E-state index in [4.69, 9.17) is 0 Å². The number of hydrogen-bond acceptors (Lipinski definition) is 2. The van der Waals surface area contributed by atoms with Gasteiger partial charge < -0.3 is 0 Å². The zero-order valence-corrected chi connectivity index (χ0v) is 19.4. The van der Waals surface area contributed by atoms with Crippen molar-refractivity contribution in [2.45, 2.75) is 67.2 Å². The molecule has 0 aliphatic heterocycles. The maximum Gasteiger partial charge on any atom is 0.158 e. The predicted molar refractivity (Wildman–Crippen MR) is 127 cm³/mol. The molecule has 2 heteroatoms. The van der Waals surface area contributed by atoms with Gasteiger partial charge in [-0.1, -0.05) is 88.5 Å². The van der Waals surface area contributed by atoms with Crippen molar-refractivity contribution < 1.29 is 9.59 Å². The lowest BCUT2D eigenvalue weighted by Crippen LogP contribution is -2.24. The average Bonchev–Trinajstić information content (AvgIpc) is 2.68. The number of ketones is 2. The van der Waals surface area contributed by atoms with Crippen molar-refractivity contribution in [2.24, 2.45) is 10.8 Å². The standard InChI is InChI=1S/C28H36O2/c1-21-23(27(3,4)19-17-25(21)29)15-13-11-9-7-8-10-12-14-16-24-22(2)26(30)18-20-28(24,5)6/h7-16H,17-20H2,1-6H3/b8-7+,11-9+,12-10+,15-13+,16-14+. The molecule has 0 radical (unpaired) electrons. The summed E-state index contributed by atoms with van der Waals surface area (Å²) in [6, 6.07) is 0. The topological polar surface area (TPSA) is 34.1 Å². The van der Waals surface area contributed by atoms with Crippen LogP contribution in [-0.4, -0.2) is 11.6 Å². The highest BCUT2D eigenvalue weighted by Crippen LogP contribution is 2.40. The summed E-state index contributed by atoms with van der Waals surface area (Å²) in [5.74, 6) is 0.533. The SMILES string of the molecule is CC1=C(/C=C/C=C/C=C/C=C/C=C/C2=C(C)C(=O)CCC2(C)C)C(C)(C)CCC1=O. The van der Waals surface area contributed by atoms with Gasteiger partial charge in [0.25, 0.3) is 0 Å². The Balaban J connectivity index is 1.92. The van der Waals surface area contributed by atoms with Gasteiger partial charge in [-0.3, -0.25) is 9.59 Å². The molecule has 0 amide bonds. The Hall–Kier alpha value is -2.48. The van der Waals surface area contributed by atoms with Crippen molar-refractivity contribution >= 4 is 11.6 Å². The maximum atomic E-state index is 12.0. The summed E-state index contributed by atoms with van der Waals surface area (Å²) in [4.78, 5) is 23.9. The molecular formula is C28H36O2. The summed E-state index contributed by atoms with van der Waals surface area (Å²) in [5.41, 5.74) is 4.19. The predicted octanol–water partition coefficient (Wildman–Crippen LogP) is 7.18. The zero-order valence-electron chi connectivity index (χ0n) is 19.4. The molecule has 0 N–H and O–H groups in total. The quantitative estimate of drug-likeness (QED) is 0.439. The molecule has 0 unspecified atom stereocenters. The van der Waals surface area contributed by atoms with Gasteiger partial charge in [-0.25, -0.2) is 0 Å². The van der Waals surface area contributed by atoms with Crippen molar-refractivity contribution in [1.29, 1.82) is 0 Å². The number of allylic oxidation sites excluding steroid dienone is 14. The number of hydrogen-bond donors (Lipinski definition) is 0. The third-order valence-corrected chi connectivity index (χ3v) is 6.36. The monoisotopic (exact) mass is 404 g/mol. The van der Waals surface area contributed by atoms with Crippen LogP contribution in [0.25, 0.3) is 0 Å². The molecule has 0 aromatic rings. The molecule has 2 aliphatic carbocycles. The fraction of sp³-hybridized carbons (Fsp3) is 0.429. The lowest BCUT2D eigenvalue weighted by atomic mass is 9.72. The summed E-state index contributed by atoms with van der Waals surface area (Å²) in [7, 11) is 0. The van der Waals surface area contributed by atoms with Gasteiger partial charge in [0.15, 0.2) is 11.6 Å². The summed E-state index contributed by atoms with van der Waals surface area (Å²) in [5, 5.41) is 0. The van der Waals surface area contributed by atoms with Crippen LogP contribution in [0.2, 0.25) is 0 Å². The molecule has 160 valence electrons. The smallest absolute Gasteiger partial charge is 0.158 e. The van der Waals surface area contributed by atoms with E-state index in [1.165, 1.54) is 0 Å². The minimum atomic E-state index is 0.0541. The maximum absolute atomic E-state index is 12.0. The van der Waals surface area contributed by atoms with Gasteiger partial charge in [0.1, 0.15) is 0 Å². The van der Waals surface area contributed by atoms with Crippen LogP contribution in [0.5, 0.6) is 0 Å². The molecule has 0 saturated heterocycles. The largest absolute Gasteiger partial charge is 0.295 e. The first-order valence-corrected chi connectivity index (χ1v) is 10.9. The summed E-state index contributed by atoms with van der Waals surface area (Å²) in [6.45, 7) is 12.7. The second-order valence-electron chi connectivity index (χ2n) is 9.56. The Morgan fingerprint density at radius 1 is 0.567 bits per heavy atom. The van der Waals surface area contributed by atoms with Gasteiger partial charge in [-0.2, -0.15) is 0 Å². The minimum absolute atomic E-state index is 0.0541. The number of carbonyl (C=O) groups is 2. The third-order valence-electron chi connectivity index (χ3n) is 6.36. The minimum Gasteiger partial charge on any atom is -0.295 e. The van der Waals surface area contributed by atoms with Crippen LogP contribution in [0.4, 0.5) is 0 Å². The van der Waals surface area contributed by atoms with E-state index in [1.807, 2.05) is 62.5 Å². The lowest BCUT2D eigenvalue weighted by Gasteiger charge is -2.32. The van der Waals surface area contributed by atoms with Crippen LogP contribution < -0.4 is 0 Å². The third kappa shape index (κ3) is 6.01. The van der Waals surface area contributed by atoms with Crippen LogP contribution in [0.15, 0.2) is 83.1 Å². The van der Waals surface area contributed by atoms with Crippen LogP contribution in [0.1, 0.15) is 67.2 Å². The Bertz CT molecular complexity index is 819. The van der Waals surface area contributed by atoms with Crippen molar-refractivity contribution in [1.82, 2.24) is 0 Å². The van der Waals surface area contributed by atoms with Crippen molar-refractivity contribution in [3.05, 3.63) is 83.1 Å². The molecule has 0 heterocycles. The molecule has 0 aromatic heterocycles. The van der Waals surface area contributed by atoms with Crippen molar-refractivity contribution in [2.75, 3.05) is 0 Å². The van der Waals surface area contributed by atoms with Gasteiger partial charge in [0.05, 0.1) is 0 Å². The molecule has 0 bridgehead atoms. The lowest BCUT2D eigenvalue weighted by molar-refractivity contribution is -0.117. The van der Waals surface area contributed by atoms with E-state index in [0.717, 1.165) is 35.1 Å². The molecule has 0 atom stereocenters. The van der Waals surface area contributed by atoms with E-state index in [-0.39, 0.29) is 22.4 Å². The Kier molecular flexibility index (Phi) is 7.95. The Morgan fingerprint density at radius 2 is 0.867 bits per heavy atom. The molecule has 2 aliphatic rings. The molecular weight excluding hydrogens is 368 g/mol. The zero-order chi connectivity index (χ0) is 22.4. The van der Waals surface area contributed by atoms with Crippen LogP contribution in [-0.2, 0) is 9.59 Å². The average molecular weight is 405 g/mol. The van der Waals surface area contributed by atoms with Crippen LogP contribution in [0, 0.1) is 10.8 Å². The normalized spacial score (nSPS) is 22.9. The van der Waals surface area contributed by atoms with E-state index in [9.17, 15) is 9.59 Å². The second kappa shape index (κ2) is 10.0. The number of Topliss-reactive ketones (excluding diaryl/α,β-unsaturated/α-hetero) is 2. The fourth-order valence-corrected chi connectivity index (χ4v) is 4.20. The first-order valence-electron chi connectivity index (χ1n) is 10.9. The van der Waals surface area contributed by atoms with E-state index in [0.29, 0.717) is 12.8 Å². The molecule has 0 fully saturated rings. The first-order chi connectivity index (χ1) is 14.1. The van der Waals surface area contributed by atoms with E-state index >= 15 is 0 Å². The summed E-state index contributed by atoms with van der Waals surface area (Å²) < 4.78 is 0. The molecule has 30 heavy (non-hydrogen) atoms. The summed E-state index contributed by atoms with van der Waals surface area (Å²) in [6.07, 6.45) is 23.2. The van der Waals surface area contributed by atoms with Gasteiger partial charge in [-0.05, 0) is 59.8 Å². The van der Waals surface area contributed by atoms with Gasteiger partial charge in [0.2, 0.25) is 0 Å². The van der Waals surface area contributed by atoms with E-state index < -0.39 is 0 Å². The van der Waals surface area contributed by atoms with E-state index in [2.05, 4.69) is 39.8 Å². The van der Waals surface area contributed by atoms with E-state index in [1.54, 1.807) is 0 Å². The van der Waals surface area contributed by atoms with Crippen molar-refractivity contribution in [3.63, 3.8) is 0 Å². The molecule has 0 aromatic carbocycles. The molecule has 0 saturated carbocycles. The Morgan fingerprint density at radius 3 is 1.20 bits per heavy atom. The van der Waals surface area contributed by atoms with Gasteiger partial charge in [-0.15, -0.1) is 0 Å². The number of carbonyl (C=O) groups excluding carboxylic acids is 2.